The van der Waals surface area contributed by atoms with Gasteiger partial charge in [0.1, 0.15) is 11.5 Å². The lowest BCUT2D eigenvalue weighted by atomic mass is 9.83. The molecule has 3 aromatic rings. The molecule has 1 aliphatic heterocycles. The molecule has 186 valence electrons. The van der Waals surface area contributed by atoms with Crippen molar-refractivity contribution < 1.29 is 14.0 Å². The van der Waals surface area contributed by atoms with Gasteiger partial charge in [-0.3, -0.25) is 0 Å². The number of aromatic nitrogens is 1. The number of ether oxygens (including phenoxy) is 2. The number of nitrogens with zero attached hydrogens (tertiary/aromatic N) is 1. The van der Waals surface area contributed by atoms with Gasteiger partial charge in [0.05, 0.1) is 30.6 Å². The molecule has 1 saturated carbocycles. The summed E-state index contributed by atoms with van der Waals surface area (Å²) in [6.07, 6.45) is 3.54. The Morgan fingerprint density at radius 1 is 0.943 bits per heavy atom. The third-order valence-electron chi connectivity index (χ3n) is 7.68. The molecule has 2 unspecified atom stereocenters. The molecule has 1 aromatic heterocycles. The SMILES string of the molecule is CC.CC(C)c1ccc2cc[n+]3c(c2c1)-c1ccccc1C1(C)CC31C.COC(C)=C=C(C)OC. The normalized spacial score (nSPS) is 20.5. The first kappa shape index (κ1) is 26.6. The van der Waals surface area contributed by atoms with Gasteiger partial charge in [0.25, 0.3) is 0 Å². The zero-order valence-corrected chi connectivity index (χ0v) is 23.2. The highest BCUT2D eigenvalue weighted by molar-refractivity contribution is 5.95. The molecule has 0 amide bonds. The Bertz CT molecular complexity index is 1270. The molecule has 35 heavy (non-hydrogen) atoms. The Morgan fingerprint density at radius 3 is 2.17 bits per heavy atom. The summed E-state index contributed by atoms with van der Waals surface area (Å²) in [5.74, 6) is 2.01. The zero-order valence-electron chi connectivity index (χ0n) is 23.2. The van der Waals surface area contributed by atoms with E-state index in [4.69, 9.17) is 9.47 Å². The van der Waals surface area contributed by atoms with Crippen LogP contribution >= 0.6 is 0 Å². The lowest BCUT2D eigenvalue weighted by Crippen LogP contribution is -2.52. The predicted octanol–water partition coefficient (Wildman–Crippen LogP) is 8.02. The van der Waals surface area contributed by atoms with Gasteiger partial charge in [0, 0.05) is 33.3 Å². The van der Waals surface area contributed by atoms with Crippen LogP contribution in [0.1, 0.15) is 78.9 Å². The topological polar surface area (TPSA) is 22.3 Å². The van der Waals surface area contributed by atoms with Gasteiger partial charge in [0.15, 0.2) is 11.7 Å². The maximum Gasteiger partial charge on any atom is 0.221 e. The highest BCUT2D eigenvalue weighted by Crippen LogP contribution is 2.64. The number of pyridine rings is 1. The van der Waals surface area contributed by atoms with Crippen LogP contribution in [0, 0.1) is 0 Å². The van der Waals surface area contributed by atoms with Crippen LogP contribution < -0.4 is 4.57 Å². The van der Waals surface area contributed by atoms with E-state index in [-0.39, 0.29) is 11.0 Å². The lowest BCUT2D eigenvalue weighted by Gasteiger charge is -2.26. The van der Waals surface area contributed by atoms with Gasteiger partial charge in [-0.25, -0.2) is 0 Å². The van der Waals surface area contributed by atoms with E-state index in [1.54, 1.807) is 14.2 Å². The minimum atomic E-state index is 0.207. The summed E-state index contributed by atoms with van der Waals surface area (Å²) in [7, 11) is 3.20. The summed E-state index contributed by atoms with van der Waals surface area (Å²) in [5.41, 5.74) is 9.11. The zero-order chi connectivity index (χ0) is 26.0. The quantitative estimate of drug-likeness (QED) is 0.219. The number of benzene rings is 2. The Balaban J connectivity index is 0.000000267. The first-order chi connectivity index (χ1) is 16.7. The molecule has 2 aromatic carbocycles. The van der Waals surface area contributed by atoms with Gasteiger partial charge in [0.2, 0.25) is 5.69 Å². The molecule has 0 saturated heterocycles. The van der Waals surface area contributed by atoms with Gasteiger partial charge in [-0.2, -0.15) is 4.57 Å². The number of hydrogen-bond donors (Lipinski definition) is 0. The third-order valence-corrected chi connectivity index (χ3v) is 7.68. The van der Waals surface area contributed by atoms with E-state index < -0.39 is 0 Å². The largest absolute Gasteiger partial charge is 0.493 e. The molecule has 1 aliphatic carbocycles. The summed E-state index contributed by atoms with van der Waals surface area (Å²) in [5, 5.41) is 2.74. The predicted molar refractivity (Wildman–Crippen MR) is 147 cm³/mol. The number of hydrogen-bond acceptors (Lipinski definition) is 2. The van der Waals surface area contributed by atoms with Crippen LogP contribution in [-0.4, -0.2) is 14.2 Å². The molecule has 2 aliphatic rings. The van der Waals surface area contributed by atoms with Crippen LogP contribution in [-0.2, 0) is 20.4 Å². The fourth-order valence-electron chi connectivity index (χ4n) is 5.23. The molecule has 0 bridgehead atoms. The van der Waals surface area contributed by atoms with Crippen LogP contribution in [0.15, 0.2) is 72.0 Å². The second-order valence-electron chi connectivity index (χ2n) is 10.0. The second-order valence-corrected chi connectivity index (χ2v) is 10.0. The van der Waals surface area contributed by atoms with Crippen molar-refractivity contribution in [1.82, 2.24) is 0 Å². The Hall–Kier alpha value is -3.03. The van der Waals surface area contributed by atoms with E-state index in [0.29, 0.717) is 5.92 Å². The van der Waals surface area contributed by atoms with Crippen molar-refractivity contribution in [3.05, 3.63) is 83.1 Å². The van der Waals surface area contributed by atoms with Crippen molar-refractivity contribution in [2.24, 2.45) is 0 Å². The van der Waals surface area contributed by atoms with E-state index in [1.165, 1.54) is 39.6 Å². The summed E-state index contributed by atoms with van der Waals surface area (Å²) >= 11 is 0. The van der Waals surface area contributed by atoms with Gasteiger partial charge in [-0.15, -0.1) is 0 Å². The highest BCUT2D eigenvalue weighted by atomic mass is 16.5. The monoisotopic (exact) mass is 472 g/mol. The fraction of sp³-hybridized carbons (Fsp3) is 0.438. The number of allylic oxidation sites excluding steroid dienone is 1. The lowest BCUT2D eigenvalue weighted by molar-refractivity contribution is -0.730. The number of rotatable bonds is 3. The minimum Gasteiger partial charge on any atom is -0.493 e. The molecule has 2 heterocycles. The third kappa shape index (κ3) is 4.62. The van der Waals surface area contributed by atoms with Crippen molar-refractivity contribution in [2.45, 2.75) is 78.7 Å². The Labute approximate surface area is 212 Å². The van der Waals surface area contributed by atoms with E-state index >= 15 is 0 Å². The smallest absolute Gasteiger partial charge is 0.221 e. The van der Waals surface area contributed by atoms with Crippen LogP contribution in [0.2, 0.25) is 0 Å². The van der Waals surface area contributed by atoms with Crippen LogP contribution in [0.5, 0.6) is 0 Å². The van der Waals surface area contributed by atoms with E-state index in [0.717, 1.165) is 11.5 Å². The number of methoxy groups -OCH3 is 2. The van der Waals surface area contributed by atoms with Crippen LogP contribution in [0.3, 0.4) is 0 Å². The fourth-order valence-corrected chi connectivity index (χ4v) is 5.23. The molecule has 0 radical (unpaired) electrons. The van der Waals surface area contributed by atoms with Gasteiger partial charge >= 0.3 is 0 Å². The molecule has 5 rings (SSSR count). The van der Waals surface area contributed by atoms with E-state index in [1.807, 2.05) is 27.7 Å². The maximum atomic E-state index is 4.83. The molecule has 3 heteroatoms. The summed E-state index contributed by atoms with van der Waals surface area (Å²) < 4.78 is 12.2. The maximum absolute atomic E-state index is 4.83. The average molecular weight is 473 g/mol. The Kier molecular flexibility index (Phi) is 7.82. The molecular weight excluding hydrogens is 430 g/mol. The van der Waals surface area contributed by atoms with Crippen molar-refractivity contribution in [3.63, 3.8) is 0 Å². The number of fused-ring (bicyclic) bond motifs is 8. The van der Waals surface area contributed by atoms with E-state index in [2.05, 4.69) is 92.7 Å². The first-order valence-electron chi connectivity index (χ1n) is 12.8. The molecule has 2 atom stereocenters. The summed E-state index contributed by atoms with van der Waals surface area (Å²) in [6, 6.07) is 18.3. The standard InChI is InChI=1S/C23H24N.C7H12O2.C2H6/c1-15(2)17-10-9-16-11-12-24-21(19(16)13-17)18-7-5-6-8-20(18)22(3)14-23(22,24)4;1-6(8-3)5-7(2)9-4;1-2/h5-13,15H,14H2,1-4H3;1-4H3;1-2H3/q+1;;. The highest BCUT2D eigenvalue weighted by Gasteiger charge is 2.73. The molecule has 0 spiro atoms. The molecule has 1 fully saturated rings. The first-order valence-corrected chi connectivity index (χ1v) is 12.8. The minimum absolute atomic E-state index is 0.207. The van der Waals surface area contributed by atoms with Crippen LogP contribution in [0.4, 0.5) is 0 Å². The van der Waals surface area contributed by atoms with Gasteiger partial charge in [-0.05, 0) is 47.2 Å². The van der Waals surface area contributed by atoms with E-state index in [9.17, 15) is 0 Å². The molecular formula is C32H42NO2+. The van der Waals surface area contributed by atoms with Crippen molar-refractivity contribution in [3.8, 4) is 11.3 Å². The van der Waals surface area contributed by atoms with Gasteiger partial charge in [-0.1, -0.05) is 58.0 Å². The summed E-state index contributed by atoms with van der Waals surface area (Å²) in [4.78, 5) is 0. The average Bonchev–Trinajstić information content (AvgIpc) is 3.48. The van der Waals surface area contributed by atoms with Crippen molar-refractivity contribution in [1.29, 1.82) is 0 Å². The van der Waals surface area contributed by atoms with Crippen LogP contribution in [0.25, 0.3) is 22.0 Å². The van der Waals surface area contributed by atoms with Crippen molar-refractivity contribution >= 4 is 10.8 Å². The molecule has 3 nitrogen and oxygen atoms in total. The van der Waals surface area contributed by atoms with Crippen molar-refractivity contribution in [2.75, 3.05) is 14.2 Å². The summed E-state index contributed by atoms with van der Waals surface area (Å²) in [6.45, 7) is 17.0. The molecule has 0 N–H and O–H groups in total. The Morgan fingerprint density at radius 2 is 1.57 bits per heavy atom. The van der Waals surface area contributed by atoms with Gasteiger partial charge < -0.3 is 9.47 Å². The second kappa shape index (κ2) is 10.3.